The van der Waals surface area contributed by atoms with Crippen molar-refractivity contribution < 1.29 is 19.1 Å². The molecule has 2 N–H and O–H groups in total. The number of carbonyl (C=O) groups is 2. The Labute approximate surface area is 171 Å². The quantitative estimate of drug-likeness (QED) is 0.713. The molecular formula is C23H28N2O4. The number of hydrogen-bond acceptors (Lipinski definition) is 4. The van der Waals surface area contributed by atoms with Crippen molar-refractivity contribution in [1.82, 2.24) is 5.32 Å². The predicted octanol–water partition coefficient (Wildman–Crippen LogP) is 4.33. The van der Waals surface area contributed by atoms with Gasteiger partial charge in [0, 0.05) is 11.3 Å². The van der Waals surface area contributed by atoms with Crippen molar-refractivity contribution in [2.24, 2.45) is 0 Å². The van der Waals surface area contributed by atoms with E-state index in [1.165, 1.54) is 17.5 Å². The molecule has 6 heteroatoms. The number of hydrogen-bond donors (Lipinski definition) is 2. The summed E-state index contributed by atoms with van der Waals surface area (Å²) in [6.07, 6.45) is 2.90. The monoisotopic (exact) mass is 396 g/mol. The van der Waals surface area contributed by atoms with Gasteiger partial charge in [-0.15, -0.1) is 0 Å². The molecule has 0 aromatic heterocycles. The Morgan fingerprint density at radius 3 is 2.62 bits per heavy atom. The van der Waals surface area contributed by atoms with Crippen LogP contribution in [-0.4, -0.2) is 30.8 Å². The molecule has 0 saturated heterocycles. The average Bonchev–Trinajstić information content (AvgIpc) is 3.11. The van der Waals surface area contributed by atoms with Crippen LogP contribution in [0.1, 0.15) is 48.7 Å². The number of carbonyl (C=O) groups excluding carboxylic acids is 2. The highest BCUT2D eigenvalue weighted by Crippen LogP contribution is 2.25. The molecule has 1 aliphatic rings. The Balaban J connectivity index is 1.46. The number of aryl methyl sites for hydroxylation is 2. The molecule has 0 bridgehead atoms. The molecule has 2 aromatic rings. The minimum atomic E-state index is -0.585. The van der Waals surface area contributed by atoms with Gasteiger partial charge in [-0.25, -0.2) is 4.79 Å². The molecule has 0 aliphatic heterocycles. The summed E-state index contributed by atoms with van der Waals surface area (Å²) in [5.74, 6) is 0.610. The first-order chi connectivity index (χ1) is 13.8. The van der Waals surface area contributed by atoms with E-state index in [1.807, 2.05) is 6.07 Å². The van der Waals surface area contributed by atoms with Crippen LogP contribution in [0.5, 0.6) is 5.75 Å². The second-order valence-corrected chi connectivity index (χ2v) is 8.10. The lowest BCUT2D eigenvalue weighted by Gasteiger charge is -2.19. The molecule has 0 heterocycles. The molecule has 1 aliphatic carbocycles. The molecule has 0 fully saturated rings. The largest absolute Gasteiger partial charge is 0.492 e. The SMILES string of the molecule is CC(C)(C)OC(=O)Nc1cccc(C(=O)NCCOc2ccc3c(c2)CCC3)c1. The summed E-state index contributed by atoms with van der Waals surface area (Å²) in [4.78, 5) is 24.2. The molecule has 0 spiro atoms. The highest BCUT2D eigenvalue weighted by molar-refractivity contribution is 5.96. The summed E-state index contributed by atoms with van der Waals surface area (Å²) in [7, 11) is 0. The number of ether oxygens (including phenoxy) is 2. The number of anilines is 1. The van der Waals surface area contributed by atoms with Crippen LogP contribution in [0.15, 0.2) is 42.5 Å². The van der Waals surface area contributed by atoms with Gasteiger partial charge in [-0.3, -0.25) is 10.1 Å². The van der Waals surface area contributed by atoms with Gasteiger partial charge in [0.05, 0.1) is 6.54 Å². The summed E-state index contributed by atoms with van der Waals surface area (Å²) in [6.45, 7) is 6.16. The summed E-state index contributed by atoms with van der Waals surface area (Å²) >= 11 is 0. The van der Waals surface area contributed by atoms with Gasteiger partial charge in [0.15, 0.2) is 0 Å². The van der Waals surface area contributed by atoms with Crippen LogP contribution in [0.3, 0.4) is 0 Å². The lowest BCUT2D eigenvalue weighted by Crippen LogP contribution is -2.29. The van der Waals surface area contributed by atoms with Gasteiger partial charge in [-0.1, -0.05) is 12.1 Å². The maximum absolute atomic E-state index is 12.4. The van der Waals surface area contributed by atoms with E-state index >= 15 is 0 Å². The molecule has 6 nitrogen and oxygen atoms in total. The van der Waals surface area contributed by atoms with E-state index in [0.717, 1.165) is 18.6 Å². The zero-order valence-electron chi connectivity index (χ0n) is 17.2. The maximum Gasteiger partial charge on any atom is 0.412 e. The fourth-order valence-electron chi connectivity index (χ4n) is 3.23. The summed E-state index contributed by atoms with van der Waals surface area (Å²) < 4.78 is 11.0. The van der Waals surface area contributed by atoms with Crippen LogP contribution in [0.2, 0.25) is 0 Å². The van der Waals surface area contributed by atoms with E-state index in [9.17, 15) is 9.59 Å². The Kier molecular flexibility index (Phi) is 6.42. The third-order valence-corrected chi connectivity index (χ3v) is 4.50. The average molecular weight is 396 g/mol. The van der Waals surface area contributed by atoms with Gasteiger partial charge in [0.25, 0.3) is 5.91 Å². The Morgan fingerprint density at radius 1 is 1.03 bits per heavy atom. The summed E-state index contributed by atoms with van der Waals surface area (Å²) in [5, 5.41) is 5.47. The van der Waals surface area contributed by atoms with Crippen molar-refractivity contribution in [1.29, 1.82) is 0 Å². The van der Waals surface area contributed by atoms with Gasteiger partial charge in [0.2, 0.25) is 0 Å². The highest BCUT2D eigenvalue weighted by Gasteiger charge is 2.16. The number of fused-ring (bicyclic) bond motifs is 1. The van der Waals surface area contributed by atoms with Crippen molar-refractivity contribution in [2.75, 3.05) is 18.5 Å². The fourth-order valence-corrected chi connectivity index (χ4v) is 3.23. The first-order valence-electron chi connectivity index (χ1n) is 9.93. The first kappa shape index (κ1) is 20.7. The Morgan fingerprint density at radius 2 is 1.83 bits per heavy atom. The first-order valence-corrected chi connectivity index (χ1v) is 9.93. The van der Waals surface area contributed by atoms with Crippen LogP contribution in [-0.2, 0) is 17.6 Å². The summed E-state index contributed by atoms with van der Waals surface area (Å²) in [5.41, 5.74) is 3.14. The van der Waals surface area contributed by atoms with Gasteiger partial charge in [0.1, 0.15) is 18.0 Å². The molecule has 2 aromatic carbocycles. The van der Waals surface area contributed by atoms with Crippen molar-refractivity contribution >= 4 is 17.7 Å². The van der Waals surface area contributed by atoms with E-state index in [2.05, 4.69) is 22.8 Å². The molecule has 154 valence electrons. The molecule has 0 atom stereocenters. The third-order valence-electron chi connectivity index (χ3n) is 4.50. The molecular weight excluding hydrogens is 368 g/mol. The van der Waals surface area contributed by atoms with Crippen molar-refractivity contribution in [2.45, 2.75) is 45.6 Å². The molecule has 0 radical (unpaired) electrons. The topological polar surface area (TPSA) is 76.7 Å². The van der Waals surface area contributed by atoms with Crippen molar-refractivity contribution in [3.05, 3.63) is 59.2 Å². The van der Waals surface area contributed by atoms with Crippen molar-refractivity contribution in [3.8, 4) is 5.75 Å². The predicted molar refractivity (Wildman–Crippen MR) is 113 cm³/mol. The fraction of sp³-hybridized carbons (Fsp3) is 0.391. The van der Waals surface area contributed by atoms with Crippen LogP contribution in [0, 0.1) is 0 Å². The maximum atomic E-state index is 12.4. The molecule has 29 heavy (non-hydrogen) atoms. The van der Waals surface area contributed by atoms with Gasteiger partial charge >= 0.3 is 6.09 Å². The van der Waals surface area contributed by atoms with Crippen LogP contribution < -0.4 is 15.4 Å². The van der Waals surface area contributed by atoms with Gasteiger partial charge < -0.3 is 14.8 Å². The standard InChI is InChI=1S/C23H28N2O4/c1-23(2,3)29-22(27)25-19-9-5-8-18(14-19)21(26)24-12-13-28-20-11-10-16-6-4-7-17(16)15-20/h5,8-11,14-15H,4,6-7,12-13H2,1-3H3,(H,24,26)(H,25,27). The van der Waals surface area contributed by atoms with Crippen molar-refractivity contribution in [3.63, 3.8) is 0 Å². The molecule has 0 saturated carbocycles. The second-order valence-electron chi connectivity index (χ2n) is 8.10. The number of nitrogens with one attached hydrogen (secondary N) is 2. The second kappa shape index (κ2) is 8.99. The summed E-state index contributed by atoms with van der Waals surface area (Å²) in [6, 6.07) is 12.9. The smallest absolute Gasteiger partial charge is 0.412 e. The third kappa shape index (κ3) is 6.24. The molecule has 3 rings (SSSR count). The Bertz CT molecular complexity index is 887. The number of amides is 2. The normalized spacial score (nSPS) is 12.8. The molecule has 2 amide bonds. The van der Waals surface area contributed by atoms with E-state index in [1.54, 1.807) is 45.0 Å². The minimum absolute atomic E-state index is 0.226. The van der Waals surface area contributed by atoms with Gasteiger partial charge in [-0.05, 0) is 81.5 Å². The zero-order chi connectivity index (χ0) is 20.9. The van der Waals surface area contributed by atoms with E-state index in [-0.39, 0.29) is 5.91 Å². The van der Waals surface area contributed by atoms with Crippen LogP contribution in [0.25, 0.3) is 0 Å². The zero-order valence-corrected chi connectivity index (χ0v) is 17.2. The van der Waals surface area contributed by atoms with Gasteiger partial charge in [-0.2, -0.15) is 0 Å². The van der Waals surface area contributed by atoms with E-state index in [4.69, 9.17) is 9.47 Å². The Hall–Kier alpha value is -3.02. The van der Waals surface area contributed by atoms with E-state index < -0.39 is 11.7 Å². The lowest BCUT2D eigenvalue weighted by molar-refractivity contribution is 0.0635. The van der Waals surface area contributed by atoms with E-state index in [0.29, 0.717) is 24.4 Å². The minimum Gasteiger partial charge on any atom is -0.492 e. The number of benzene rings is 2. The van der Waals surface area contributed by atoms with Crippen LogP contribution >= 0.6 is 0 Å². The van der Waals surface area contributed by atoms with Crippen LogP contribution in [0.4, 0.5) is 10.5 Å². The number of rotatable bonds is 6. The lowest BCUT2D eigenvalue weighted by atomic mass is 10.1. The highest BCUT2D eigenvalue weighted by atomic mass is 16.6. The molecule has 0 unspecified atom stereocenters.